The number of aromatic hydroxyl groups is 1. The first-order chi connectivity index (χ1) is 9.56. The molecule has 1 aliphatic rings. The van der Waals surface area contributed by atoms with Gasteiger partial charge in [0.25, 0.3) is 5.91 Å². The second kappa shape index (κ2) is 6.41. The molecule has 5 heteroatoms. The highest BCUT2D eigenvalue weighted by Gasteiger charge is 2.22. The summed E-state index contributed by atoms with van der Waals surface area (Å²) >= 11 is 0. The largest absolute Gasteiger partial charge is 0.508 e. The Labute approximate surface area is 118 Å². The molecule has 0 aromatic heterocycles. The topological polar surface area (TPSA) is 66.8 Å². The van der Waals surface area contributed by atoms with Crippen LogP contribution in [0.3, 0.4) is 0 Å². The summed E-state index contributed by atoms with van der Waals surface area (Å²) in [4.78, 5) is 25.4. The fourth-order valence-electron chi connectivity index (χ4n) is 2.35. The number of amides is 1. The summed E-state index contributed by atoms with van der Waals surface area (Å²) in [6.45, 7) is 3.31. The highest BCUT2D eigenvalue weighted by molar-refractivity contribution is 5.91. The van der Waals surface area contributed by atoms with Gasteiger partial charge in [0.05, 0.1) is 5.56 Å². The van der Waals surface area contributed by atoms with Gasteiger partial charge >= 0.3 is 5.97 Å². The molecule has 1 unspecified atom stereocenters. The van der Waals surface area contributed by atoms with E-state index in [1.165, 1.54) is 18.2 Å². The Kier molecular flexibility index (Phi) is 4.61. The molecule has 1 N–H and O–H groups in total. The van der Waals surface area contributed by atoms with Crippen LogP contribution in [-0.4, -0.2) is 41.6 Å². The molecular formula is C15H19NO4. The van der Waals surface area contributed by atoms with E-state index in [0.29, 0.717) is 5.92 Å². The Morgan fingerprint density at radius 3 is 2.95 bits per heavy atom. The van der Waals surface area contributed by atoms with Crippen LogP contribution >= 0.6 is 0 Å². The van der Waals surface area contributed by atoms with Crippen molar-refractivity contribution in [3.63, 3.8) is 0 Å². The molecule has 0 bridgehead atoms. The zero-order chi connectivity index (χ0) is 14.5. The minimum atomic E-state index is -0.598. The second-order valence-corrected chi connectivity index (χ2v) is 5.21. The molecule has 1 saturated heterocycles. The predicted octanol–water partition coefficient (Wildman–Crippen LogP) is 1.81. The Morgan fingerprint density at radius 2 is 2.25 bits per heavy atom. The van der Waals surface area contributed by atoms with Crippen molar-refractivity contribution in [1.29, 1.82) is 0 Å². The minimum absolute atomic E-state index is 0.00404. The summed E-state index contributed by atoms with van der Waals surface area (Å²) in [6.07, 6.45) is 2.13. The van der Waals surface area contributed by atoms with E-state index >= 15 is 0 Å². The van der Waals surface area contributed by atoms with E-state index in [4.69, 9.17) is 4.74 Å². The van der Waals surface area contributed by atoms with Crippen molar-refractivity contribution >= 4 is 11.9 Å². The molecule has 1 amide bonds. The monoisotopic (exact) mass is 277 g/mol. The predicted molar refractivity (Wildman–Crippen MR) is 73.4 cm³/mol. The van der Waals surface area contributed by atoms with Gasteiger partial charge in [0, 0.05) is 13.1 Å². The summed E-state index contributed by atoms with van der Waals surface area (Å²) in [5.74, 6) is -0.269. The molecule has 1 atom stereocenters. The van der Waals surface area contributed by atoms with Gasteiger partial charge in [-0.15, -0.1) is 0 Å². The van der Waals surface area contributed by atoms with Crippen molar-refractivity contribution in [2.24, 2.45) is 5.92 Å². The zero-order valence-corrected chi connectivity index (χ0v) is 11.5. The molecule has 1 heterocycles. The molecule has 0 saturated carbocycles. The van der Waals surface area contributed by atoms with Crippen molar-refractivity contribution in [2.75, 3.05) is 19.7 Å². The number of ether oxygens (including phenoxy) is 1. The normalized spacial score (nSPS) is 18.6. The average Bonchev–Trinajstić information content (AvgIpc) is 2.44. The fourth-order valence-corrected chi connectivity index (χ4v) is 2.35. The highest BCUT2D eigenvalue weighted by atomic mass is 16.5. The van der Waals surface area contributed by atoms with Crippen molar-refractivity contribution < 1.29 is 19.4 Å². The van der Waals surface area contributed by atoms with E-state index in [0.717, 1.165) is 25.9 Å². The Morgan fingerprint density at radius 1 is 1.45 bits per heavy atom. The van der Waals surface area contributed by atoms with Crippen molar-refractivity contribution in [3.8, 4) is 5.75 Å². The van der Waals surface area contributed by atoms with Crippen LogP contribution < -0.4 is 0 Å². The maximum Gasteiger partial charge on any atom is 0.338 e. The molecule has 1 fully saturated rings. The average molecular weight is 277 g/mol. The van der Waals surface area contributed by atoms with Gasteiger partial charge in [-0.3, -0.25) is 4.79 Å². The number of carbonyl (C=O) groups is 2. The number of rotatable bonds is 3. The van der Waals surface area contributed by atoms with Crippen LogP contribution in [0.5, 0.6) is 5.75 Å². The number of carbonyl (C=O) groups excluding carboxylic acids is 2. The van der Waals surface area contributed by atoms with Gasteiger partial charge in [0.1, 0.15) is 5.75 Å². The molecular weight excluding hydrogens is 258 g/mol. The molecule has 0 spiro atoms. The van der Waals surface area contributed by atoms with Crippen LogP contribution in [-0.2, 0) is 9.53 Å². The number of piperidine rings is 1. The van der Waals surface area contributed by atoms with Crippen LogP contribution in [0.2, 0.25) is 0 Å². The van der Waals surface area contributed by atoms with E-state index in [-0.39, 0.29) is 23.8 Å². The van der Waals surface area contributed by atoms with Crippen LogP contribution in [0.4, 0.5) is 0 Å². The summed E-state index contributed by atoms with van der Waals surface area (Å²) in [6, 6.07) is 5.88. The first-order valence-corrected chi connectivity index (χ1v) is 6.80. The van der Waals surface area contributed by atoms with Gasteiger partial charge < -0.3 is 14.7 Å². The molecule has 1 aromatic rings. The smallest absolute Gasteiger partial charge is 0.338 e. The number of esters is 1. The lowest BCUT2D eigenvalue weighted by Crippen LogP contribution is -2.41. The van der Waals surface area contributed by atoms with Gasteiger partial charge in [0.2, 0.25) is 0 Å². The lowest BCUT2D eigenvalue weighted by molar-refractivity contribution is -0.136. The first kappa shape index (κ1) is 14.4. The standard InChI is InChI=1S/C15H19NO4/c1-11-4-3-7-16(9-11)14(18)10-20-15(19)12-5-2-6-13(17)8-12/h2,5-6,8,11,17H,3-4,7,9-10H2,1H3. The molecule has 5 nitrogen and oxygen atoms in total. The molecule has 20 heavy (non-hydrogen) atoms. The number of nitrogens with zero attached hydrogens (tertiary/aromatic N) is 1. The Balaban J connectivity index is 1.85. The van der Waals surface area contributed by atoms with Crippen molar-refractivity contribution in [3.05, 3.63) is 29.8 Å². The van der Waals surface area contributed by atoms with E-state index in [2.05, 4.69) is 6.92 Å². The number of likely N-dealkylation sites (tertiary alicyclic amines) is 1. The number of hydrogen-bond acceptors (Lipinski definition) is 4. The van der Waals surface area contributed by atoms with E-state index in [1.807, 2.05) is 0 Å². The van der Waals surface area contributed by atoms with Crippen LogP contribution in [0, 0.1) is 5.92 Å². The second-order valence-electron chi connectivity index (χ2n) is 5.21. The molecule has 2 rings (SSSR count). The number of phenols is 1. The molecule has 1 aromatic carbocycles. The van der Waals surface area contributed by atoms with E-state index in [1.54, 1.807) is 11.0 Å². The van der Waals surface area contributed by atoms with E-state index < -0.39 is 5.97 Å². The summed E-state index contributed by atoms with van der Waals surface area (Å²) in [7, 11) is 0. The molecule has 0 radical (unpaired) electrons. The number of phenolic OH excluding ortho intramolecular Hbond substituents is 1. The van der Waals surface area contributed by atoms with Crippen molar-refractivity contribution in [2.45, 2.75) is 19.8 Å². The third-order valence-electron chi connectivity index (χ3n) is 3.42. The van der Waals surface area contributed by atoms with Gasteiger partial charge in [-0.25, -0.2) is 4.79 Å². The van der Waals surface area contributed by atoms with Crippen LogP contribution in [0.25, 0.3) is 0 Å². The summed E-state index contributed by atoms with van der Waals surface area (Å²) in [5, 5.41) is 9.29. The van der Waals surface area contributed by atoms with Gasteiger partial charge in [-0.05, 0) is 37.0 Å². The Bertz CT molecular complexity index is 500. The quantitative estimate of drug-likeness (QED) is 0.856. The zero-order valence-electron chi connectivity index (χ0n) is 11.5. The first-order valence-electron chi connectivity index (χ1n) is 6.80. The van der Waals surface area contributed by atoms with Crippen LogP contribution in [0.15, 0.2) is 24.3 Å². The van der Waals surface area contributed by atoms with Gasteiger partial charge in [0.15, 0.2) is 6.61 Å². The summed E-state index contributed by atoms with van der Waals surface area (Å²) < 4.78 is 4.99. The minimum Gasteiger partial charge on any atom is -0.508 e. The van der Waals surface area contributed by atoms with Gasteiger partial charge in [-0.1, -0.05) is 13.0 Å². The van der Waals surface area contributed by atoms with E-state index in [9.17, 15) is 14.7 Å². The number of hydrogen-bond donors (Lipinski definition) is 1. The summed E-state index contributed by atoms with van der Waals surface area (Å²) in [5.41, 5.74) is 0.241. The molecule has 0 aliphatic carbocycles. The molecule has 108 valence electrons. The van der Waals surface area contributed by atoms with Crippen molar-refractivity contribution in [1.82, 2.24) is 4.90 Å². The lowest BCUT2D eigenvalue weighted by Gasteiger charge is -2.30. The number of benzene rings is 1. The SMILES string of the molecule is CC1CCCN(C(=O)COC(=O)c2cccc(O)c2)C1. The third-order valence-corrected chi connectivity index (χ3v) is 3.42. The van der Waals surface area contributed by atoms with Gasteiger partial charge in [-0.2, -0.15) is 0 Å². The lowest BCUT2D eigenvalue weighted by atomic mass is 10.0. The maximum atomic E-state index is 11.9. The van der Waals surface area contributed by atoms with Crippen LogP contribution in [0.1, 0.15) is 30.1 Å². The Hall–Kier alpha value is -2.04. The highest BCUT2D eigenvalue weighted by Crippen LogP contribution is 2.16. The fraction of sp³-hybridized carbons (Fsp3) is 0.467. The third kappa shape index (κ3) is 3.73. The molecule has 1 aliphatic heterocycles. The maximum absolute atomic E-state index is 11.9.